The summed E-state index contributed by atoms with van der Waals surface area (Å²) in [6, 6.07) is 0. The van der Waals surface area contributed by atoms with Gasteiger partial charge in [-0.25, -0.2) is 9.13 Å². The Hall–Kier alpha value is -1.94. The van der Waals surface area contributed by atoms with Gasteiger partial charge in [-0.2, -0.15) is 0 Å². The summed E-state index contributed by atoms with van der Waals surface area (Å²) >= 11 is 0. The Bertz CT molecular complexity index is 2010. The normalized spacial score (nSPS) is 13.9. The van der Waals surface area contributed by atoms with E-state index < -0.39 is 97.5 Å². The molecule has 0 fully saturated rings. The molecular weight excluding hydrogens is 1350 g/mol. The molecule has 0 heterocycles. The van der Waals surface area contributed by atoms with Gasteiger partial charge in [-0.1, -0.05) is 395 Å². The van der Waals surface area contributed by atoms with Crippen LogP contribution in [0.5, 0.6) is 0 Å². The van der Waals surface area contributed by atoms with E-state index in [0.717, 1.165) is 108 Å². The maximum absolute atomic E-state index is 13.1. The van der Waals surface area contributed by atoms with E-state index in [1.807, 2.05) is 0 Å². The van der Waals surface area contributed by atoms with E-state index in [4.69, 9.17) is 37.0 Å². The van der Waals surface area contributed by atoms with Crippen molar-refractivity contribution in [1.29, 1.82) is 0 Å². The second-order valence-electron chi connectivity index (χ2n) is 32.0. The fraction of sp³-hybridized carbons (Fsp3) is 0.953. The summed E-state index contributed by atoms with van der Waals surface area (Å²) in [6.07, 6.45) is 65.3. The minimum atomic E-state index is -4.97. The molecule has 104 heavy (non-hydrogen) atoms. The molecule has 0 saturated carbocycles. The molecule has 0 aliphatic heterocycles. The molecule has 0 radical (unpaired) electrons. The summed E-state index contributed by atoms with van der Waals surface area (Å²) in [5.41, 5.74) is 0. The lowest BCUT2D eigenvalue weighted by Crippen LogP contribution is -2.30. The van der Waals surface area contributed by atoms with Crippen molar-refractivity contribution in [3.05, 3.63) is 0 Å². The van der Waals surface area contributed by atoms with Crippen LogP contribution in [0, 0.1) is 17.8 Å². The van der Waals surface area contributed by atoms with Gasteiger partial charge in [0.1, 0.15) is 19.3 Å². The zero-order valence-corrected chi connectivity index (χ0v) is 70.3. The molecule has 19 heteroatoms. The predicted octanol–water partition coefficient (Wildman–Crippen LogP) is 25.7. The molecule has 17 nitrogen and oxygen atoms in total. The third kappa shape index (κ3) is 78.2. The van der Waals surface area contributed by atoms with Crippen LogP contribution in [0.2, 0.25) is 0 Å². The van der Waals surface area contributed by atoms with Crippen molar-refractivity contribution in [3.8, 4) is 0 Å². The molecule has 0 amide bonds. The lowest BCUT2D eigenvalue weighted by atomic mass is 10.0. The van der Waals surface area contributed by atoms with E-state index in [-0.39, 0.29) is 25.7 Å². The van der Waals surface area contributed by atoms with Crippen molar-refractivity contribution in [3.63, 3.8) is 0 Å². The topological polar surface area (TPSA) is 237 Å². The number of phosphoric acid groups is 2. The van der Waals surface area contributed by atoms with E-state index in [1.165, 1.54) is 257 Å². The minimum Gasteiger partial charge on any atom is -0.462 e. The van der Waals surface area contributed by atoms with Crippen molar-refractivity contribution >= 4 is 39.5 Å². The standard InChI is InChI=1S/C85H166O17P2/c1-8-9-10-11-12-13-14-15-16-19-23-26-32-37-45-52-59-66-82(87)95-72-80(101-84(89)68-61-54-47-38-33-27-24-21-18-17-20-22-25-30-35-42-49-56-63-76(2)3)74-99-103(91,92)97-70-79(86)71-98-104(93,94)100-75-81(73-96-83(88)67-60-53-46-41-40-44-51-58-65-78(6)7)102-85(90)69-62-55-48-39-34-29-28-31-36-43-50-57-64-77(4)5/h76-81,86H,8-75H2,1-7H3,(H,91,92)(H,93,94)/t79-,80-,81-/m1/s1. The third-order valence-electron chi connectivity index (χ3n) is 19.9. The number of ether oxygens (including phenoxy) is 4. The first-order valence-electron chi connectivity index (χ1n) is 43.8. The van der Waals surface area contributed by atoms with Gasteiger partial charge in [0, 0.05) is 25.7 Å². The highest BCUT2D eigenvalue weighted by molar-refractivity contribution is 7.47. The number of carbonyl (C=O) groups excluding carboxylic acids is 4. The molecule has 0 aliphatic rings. The van der Waals surface area contributed by atoms with Gasteiger partial charge in [0.05, 0.1) is 26.4 Å². The molecule has 0 spiro atoms. The van der Waals surface area contributed by atoms with Crippen LogP contribution < -0.4 is 0 Å². The number of hydrogen-bond acceptors (Lipinski definition) is 15. The van der Waals surface area contributed by atoms with Crippen LogP contribution >= 0.6 is 15.6 Å². The van der Waals surface area contributed by atoms with E-state index in [2.05, 4.69) is 48.5 Å². The van der Waals surface area contributed by atoms with Crippen molar-refractivity contribution in [2.45, 2.75) is 465 Å². The second-order valence-corrected chi connectivity index (χ2v) is 34.9. The molecular formula is C85H166O17P2. The Kier molecular flexibility index (Phi) is 73.7. The maximum atomic E-state index is 13.1. The molecule has 5 atom stereocenters. The Morgan fingerprint density at radius 2 is 0.442 bits per heavy atom. The minimum absolute atomic E-state index is 0.106. The Morgan fingerprint density at radius 1 is 0.260 bits per heavy atom. The van der Waals surface area contributed by atoms with Gasteiger partial charge < -0.3 is 33.8 Å². The molecule has 0 aromatic rings. The fourth-order valence-electron chi connectivity index (χ4n) is 13.2. The first kappa shape index (κ1) is 102. The number of aliphatic hydroxyl groups is 1. The monoisotopic (exact) mass is 1520 g/mol. The lowest BCUT2D eigenvalue weighted by molar-refractivity contribution is -0.161. The summed E-state index contributed by atoms with van der Waals surface area (Å²) < 4.78 is 68.9. The average Bonchev–Trinajstić information content (AvgIpc) is 0.904. The molecule has 3 N–H and O–H groups in total. The average molecular weight is 1520 g/mol. The predicted molar refractivity (Wildman–Crippen MR) is 428 cm³/mol. The Morgan fingerprint density at radius 3 is 0.654 bits per heavy atom. The lowest BCUT2D eigenvalue weighted by Gasteiger charge is -2.21. The number of carbonyl (C=O) groups is 4. The number of rotatable bonds is 83. The third-order valence-corrected chi connectivity index (χ3v) is 21.8. The van der Waals surface area contributed by atoms with E-state index in [0.29, 0.717) is 25.7 Å². The molecule has 0 bridgehead atoms. The van der Waals surface area contributed by atoms with Gasteiger partial charge in [-0.3, -0.25) is 37.3 Å². The first-order chi connectivity index (χ1) is 50.2. The van der Waals surface area contributed by atoms with Gasteiger partial charge >= 0.3 is 39.5 Å². The quantitative estimate of drug-likeness (QED) is 0.0222. The van der Waals surface area contributed by atoms with Crippen molar-refractivity contribution < 1.29 is 80.2 Å². The SMILES string of the molecule is CCCCCCCCCCCCCCCCCCCC(=O)OC[C@H](COP(=O)(O)OC[C@@H](O)COP(=O)(O)OC[C@@H](COC(=O)CCCCCCCCCCC(C)C)OC(=O)CCCCCCCCCCCCCCC(C)C)OC(=O)CCCCCCCCCCCCCCCCCCCCC(C)C. The zero-order valence-electron chi connectivity index (χ0n) is 68.5. The smallest absolute Gasteiger partial charge is 0.462 e. The van der Waals surface area contributed by atoms with Gasteiger partial charge in [-0.05, 0) is 43.4 Å². The number of phosphoric ester groups is 2. The highest BCUT2D eigenvalue weighted by Gasteiger charge is 2.30. The van der Waals surface area contributed by atoms with Crippen LogP contribution in [0.1, 0.15) is 447 Å². The summed E-state index contributed by atoms with van der Waals surface area (Å²) in [5, 5.41) is 10.7. The molecule has 0 aromatic heterocycles. The molecule has 0 saturated heterocycles. The number of unbranched alkanes of at least 4 members (excludes halogenated alkanes) is 51. The Labute approximate surface area is 638 Å². The van der Waals surface area contributed by atoms with Crippen molar-refractivity contribution in [2.75, 3.05) is 39.6 Å². The molecule has 2 unspecified atom stereocenters. The van der Waals surface area contributed by atoms with Gasteiger partial charge in [0.2, 0.25) is 0 Å². The van der Waals surface area contributed by atoms with Gasteiger partial charge in [0.25, 0.3) is 0 Å². The first-order valence-corrected chi connectivity index (χ1v) is 46.8. The van der Waals surface area contributed by atoms with E-state index >= 15 is 0 Å². The zero-order chi connectivity index (χ0) is 76.5. The van der Waals surface area contributed by atoms with Crippen LogP contribution in [0.4, 0.5) is 0 Å². The number of esters is 4. The molecule has 0 aliphatic carbocycles. The summed E-state index contributed by atoms with van der Waals surface area (Å²) in [6.45, 7) is 12.0. The van der Waals surface area contributed by atoms with E-state index in [1.54, 1.807) is 0 Å². The summed E-state index contributed by atoms with van der Waals surface area (Å²) in [5.74, 6) is 0.217. The fourth-order valence-corrected chi connectivity index (χ4v) is 14.8. The van der Waals surface area contributed by atoms with Crippen molar-refractivity contribution in [1.82, 2.24) is 0 Å². The largest absolute Gasteiger partial charge is 0.472 e. The number of aliphatic hydroxyl groups excluding tert-OH is 1. The van der Waals surface area contributed by atoms with Crippen LogP contribution in [0.3, 0.4) is 0 Å². The van der Waals surface area contributed by atoms with Crippen LogP contribution in [0.15, 0.2) is 0 Å². The molecule has 0 aromatic carbocycles. The highest BCUT2D eigenvalue weighted by Crippen LogP contribution is 2.45. The summed E-state index contributed by atoms with van der Waals surface area (Å²) in [7, 11) is -9.93. The second kappa shape index (κ2) is 75.1. The van der Waals surface area contributed by atoms with E-state index in [9.17, 15) is 43.2 Å². The van der Waals surface area contributed by atoms with Crippen molar-refractivity contribution in [2.24, 2.45) is 17.8 Å². The van der Waals surface area contributed by atoms with Gasteiger partial charge in [0.15, 0.2) is 12.2 Å². The maximum Gasteiger partial charge on any atom is 0.472 e. The summed E-state index contributed by atoms with van der Waals surface area (Å²) in [4.78, 5) is 73.2. The van der Waals surface area contributed by atoms with Crippen LogP contribution in [0.25, 0.3) is 0 Å². The van der Waals surface area contributed by atoms with Crippen LogP contribution in [-0.2, 0) is 65.4 Å². The van der Waals surface area contributed by atoms with Gasteiger partial charge in [-0.15, -0.1) is 0 Å². The van der Waals surface area contributed by atoms with Crippen LogP contribution in [-0.4, -0.2) is 96.7 Å². The molecule has 618 valence electrons. The number of hydrogen-bond donors (Lipinski definition) is 3. The highest BCUT2D eigenvalue weighted by atomic mass is 31.2. The Balaban J connectivity index is 5.24. The molecule has 0 rings (SSSR count).